The van der Waals surface area contributed by atoms with Gasteiger partial charge in [0.25, 0.3) is 0 Å². The van der Waals surface area contributed by atoms with Crippen molar-refractivity contribution in [2.45, 2.75) is 33.0 Å². The third kappa shape index (κ3) is 4.07. The fourth-order valence-corrected chi connectivity index (χ4v) is 1.41. The van der Waals surface area contributed by atoms with Gasteiger partial charge in [-0.25, -0.2) is 4.79 Å². The van der Waals surface area contributed by atoms with Crippen LogP contribution < -0.4 is 4.74 Å². The largest absolute Gasteiger partial charge is 0.479 e. The first kappa shape index (κ1) is 13.5. The van der Waals surface area contributed by atoms with E-state index < -0.39 is 6.10 Å². The van der Waals surface area contributed by atoms with E-state index in [0.29, 0.717) is 18.8 Å². The molecule has 1 N–H and O–H groups in total. The molecule has 1 rings (SSSR count). The fourth-order valence-electron chi connectivity index (χ4n) is 1.41. The minimum Gasteiger partial charge on any atom is -0.479 e. The Morgan fingerprint density at radius 3 is 2.76 bits per heavy atom. The molecule has 0 radical (unpaired) electrons. The summed E-state index contributed by atoms with van der Waals surface area (Å²) in [6.07, 6.45) is -0.0498. The second-order valence-corrected chi connectivity index (χ2v) is 3.57. The van der Waals surface area contributed by atoms with Crippen LogP contribution in [-0.2, 0) is 16.1 Å². The van der Waals surface area contributed by atoms with Gasteiger partial charge in [0.1, 0.15) is 5.75 Å². The predicted molar refractivity (Wildman–Crippen MR) is 63.7 cm³/mol. The van der Waals surface area contributed by atoms with Crippen molar-refractivity contribution in [1.29, 1.82) is 0 Å². The number of carbonyl (C=O) groups excluding carboxylic acids is 1. The molecule has 94 valence electrons. The van der Waals surface area contributed by atoms with E-state index in [1.54, 1.807) is 31.2 Å². The lowest BCUT2D eigenvalue weighted by atomic mass is 10.2. The average molecular weight is 238 g/mol. The van der Waals surface area contributed by atoms with E-state index in [1.165, 1.54) is 0 Å². The molecular formula is C13H18O4. The molecule has 0 aliphatic rings. The van der Waals surface area contributed by atoms with E-state index in [-0.39, 0.29) is 12.6 Å². The second-order valence-electron chi connectivity index (χ2n) is 3.57. The number of esters is 1. The number of hydrogen-bond donors (Lipinski definition) is 1. The molecule has 0 fully saturated rings. The van der Waals surface area contributed by atoms with Crippen LogP contribution in [0.2, 0.25) is 0 Å². The van der Waals surface area contributed by atoms with Crippen LogP contribution in [0.4, 0.5) is 0 Å². The third-order valence-corrected chi connectivity index (χ3v) is 2.28. The Hall–Kier alpha value is -1.55. The van der Waals surface area contributed by atoms with Crippen molar-refractivity contribution >= 4 is 5.97 Å². The first-order chi connectivity index (χ1) is 8.21. The zero-order chi connectivity index (χ0) is 12.7. The van der Waals surface area contributed by atoms with E-state index in [1.807, 2.05) is 6.92 Å². The van der Waals surface area contributed by atoms with Crippen molar-refractivity contribution in [2.75, 3.05) is 6.61 Å². The molecule has 0 aliphatic carbocycles. The standard InChI is InChI=1S/C13H18O4/c1-3-12(13(15)16-4-2)17-11-7-5-6-10(8-11)9-14/h5-8,12,14H,3-4,9H2,1-2H3/t12-/m0/s1. The Morgan fingerprint density at radius 1 is 1.41 bits per heavy atom. The molecule has 0 saturated heterocycles. The number of benzene rings is 1. The van der Waals surface area contributed by atoms with E-state index in [9.17, 15) is 4.79 Å². The molecule has 0 unspecified atom stereocenters. The van der Waals surface area contributed by atoms with Crippen LogP contribution in [0, 0.1) is 0 Å². The van der Waals surface area contributed by atoms with Crippen LogP contribution in [-0.4, -0.2) is 23.8 Å². The minimum atomic E-state index is -0.594. The summed E-state index contributed by atoms with van der Waals surface area (Å²) in [7, 11) is 0. The Kier molecular flexibility index (Phi) is 5.49. The highest BCUT2D eigenvalue weighted by Crippen LogP contribution is 2.16. The first-order valence-electron chi connectivity index (χ1n) is 5.74. The van der Waals surface area contributed by atoms with Crippen molar-refractivity contribution in [2.24, 2.45) is 0 Å². The van der Waals surface area contributed by atoms with E-state index in [0.717, 1.165) is 5.56 Å². The highest BCUT2D eigenvalue weighted by atomic mass is 16.6. The van der Waals surface area contributed by atoms with Crippen molar-refractivity contribution in [3.05, 3.63) is 29.8 Å². The smallest absolute Gasteiger partial charge is 0.347 e. The second kappa shape index (κ2) is 6.91. The van der Waals surface area contributed by atoms with Crippen molar-refractivity contribution in [3.63, 3.8) is 0 Å². The lowest BCUT2D eigenvalue weighted by Gasteiger charge is -2.16. The van der Waals surface area contributed by atoms with E-state index in [2.05, 4.69) is 0 Å². The van der Waals surface area contributed by atoms with Gasteiger partial charge in [0.15, 0.2) is 6.10 Å². The first-order valence-corrected chi connectivity index (χ1v) is 5.74. The lowest BCUT2D eigenvalue weighted by molar-refractivity contribution is -0.151. The number of ether oxygens (including phenoxy) is 2. The molecular weight excluding hydrogens is 220 g/mol. The average Bonchev–Trinajstić information content (AvgIpc) is 2.36. The van der Waals surface area contributed by atoms with Gasteiger partial charge in [0.05, 0.1) is 13.2 Å². The maximum Gasteiger partial charge on any atom is 0.347 e. The SMILES string of the molecule is CCOC(=O)[C@H](CC)Oc1cccc(CO)c1. The van der Waals surface area contributed by atoms with Gasteiger partial charge in [-0.1, -0.05) is 19.1 Å². The molecule has 1 aromatic rings. The number of aliphatic hydroxyl groups is 1. The summed E-state index contributed by atoms with van der Waals surface area (Å²) in [6, 6.07) is 7.03. The molecule has 0 bridgehead atoms. The number of aliphatic hydroxyl groups excluding tert-OH is 1. The maximum atomic E-state index is 11.5. The monoisotopic (exact) mass is 238 g/mol. The van der Waals surface area contributed by atoms with Gasteiger partial charge in [-0.2, -0.15) is 0 Å². The molecule has 4 nitrogen and oxygen atoms in total. The number of hydrogen-bond acceptors (Lipinski definition) is 4. The summed E-state index contributed by atoms with van der Waals surface area (Å²) in [5, 5.41) is 9.00. The predicted octanol–water partition coefficient (Wildman–Crippen LogP) is 1.90. The lowest BCUT2D eigenvalue weighted by Crippen LogP contribution is -2.28. The molecule has 0 saturated carbocycles. The summed E-state index contributed by atoms with van der Waals surface area (Å²) in [5.41, 5.74) is 0.751. The van der Waals surface area contributed by atoms with Crippen LogP contribution in [0.25, 0.3) is 0 Å². The molecule has 0 aliphatic heterocycles. The Balaban J connectivity index is 2.69. The van der Waals surface area contributed by atoms with Crippen LogP contribution in [0.3, 0.4) is 0 Å². The topological polar surface area (TPSA) is 55.8 Å². The maximum absolute atomic E-state index is 11.5. The number of rotatable bonds is 6. The normalized spacial score (nSPS) is 11.9. The molecule has 0 aromatic heterocycles. The van der Waals surface area contributed by atoms with Crippen LogP contribution in [0.5, 0.6) is 5.75 Å². The van der Waals surface area contributed by atoms with Gasteiger partial charge >= 0.3 is 5.97 Å². The van der Waals surface area contributed by atoms with Crippen LogP contribution in [0.15, 0.2) is 24.3 Å². The fraction of sp³-hybridized carbons (Fsp3) is 0.462. The highest BCUT2D eigenvalue weighted by molar-refractivity contribution is 5.75. The van der Waals surface area contributed by atoms with Gasteiger partial charge in [-0.15, -0.1) is 0 Å². The molecule has 1 atom stereocenters. The van der Waals surface area contributed by atoms with Crippen molar-refractivity contribution in [3.8, 4) is 5.75 Å². The molecule has 1 aromatic carbocycles. The quantitative estimate of drug-likeness (QED) is 0.769. The summed E-state index contributed by atoms with van der Waals surface area (Å²) >= 11 is 0. The Bertz CT molecular complexity index is 362. The zero-order valence-electron chi connectivity index (χ0n) is 10.2. The molecule has 0 amide bonds. The third-order valence-electron chi connectivity index (χ3n) is 2.28. The molecule has 0 spiro atoms. The van der Waals surface area contributed by atoms with Crippen LogP contribution in [0.1, 0.15) is 25.8 Å². The zero-order valence-corrected chi connectivity index (χ0v) is 10.2. The van der Waals surface area contributed by atoms with Gasteiger partial charge in [-0.05, 0) is 31.0 Å². The van der Waals surface area contributed by atoms with E-state index >= 15 is 0 Å². The summed E-state index contributed by atoms with van der Waals surface area (Å²) in [5.74, 6) is 0.209. The molecule has 17 heavy (non-hydrogen) atoms. The minimum absolute atomic E-state index is 0.0482. The van der Waals surface area contributed by atoms with Gasteiger partial charge in [-0.3, -0.25) is 0 Å². The summed E-state index contributed by atoms with van der Waals surface area (Å²) < 4.78 is 10.4. The van der Waals surface area contributed by atoms with Crippen molar-refractivity contribution < 1.29 is 19.4 Å². The summed E-state index contributed by atoms with van der Waals surface area (Å²) in [6.45, 7) is 3.91. The summed E-state index contributed by atoms with van der Waals surface area (Å²) in [4.78, 5) is 11.5. The van der Waals surface area contributed by atoms with Gasteiger partial charge < -0.3 is 14.6 Å². The molecule has 0 heterocycles. The van der Waals surface area contributed by atoms with Crippen molar-refractivity contribution in [1.82, 2.24) is 0 Å². The van der Waals surface area contributed by atoms with Gasteiger partial charge in [0.2, 0.25) is 0 Å². The highest BCUT2D eigenvalue weighted by Gasteiger charge is 2.19. The molecule has 4 heteroatoms. The Labute approximate surface area is 101 Å². The van der Waals surface area contributed by atoms with Gasteiger partial charge in [0, 0.05) is 0 Å². The van der Waals surface area contributed by atoms with E-state index in [4.69, 9.17) is 14.6 Å². The number of carbonyl (C=O) groups is 1. The Morgan fingerprint density at radius 2 is 2.18 bits per heavy atom. The van der Waals surface area contributed by atoms with Crippen LogP contribution >= 0.6 is 0 Å².